The molecule has 1 unspecified atom stereocenters. The Balaban J connectivity index is 2.07. The molecule has 0 aliphatic carbocycles. The van der Waals surface area contributed by atoms with Crippen LogP contribution in [0.5, 0.6) is 0 Å². The van der Waals surface area contributed by atoms with E-state index >= 15 is 0 Å². The van der Waals surface area contributed by atoms with Crippen molar-refractivity contribution in [1.82, 2.24) is 15.0 Å². The number of anilines is 1. The molecule has 1 aliphatic rings. The van der Waals surface area contributed by atoms with Gasteiger partial charge >= 0.3 is 0 Å². The highest BCUT2D eigenvalue weighted by Crippen LogP contribution is 2.28. The number of nitrogens with zero attached hydrogens (tertiary/aromatic N) is 3. The number of hydrogen-bond donors (Lipinski definition) is 2. The second-order valence-corrected chi connectivity index (χ2v) is 4.11. The van der Waals surface area contributed by atoms with Gasteiger partial charge in [-0.1, -0.05) is 0 Å². The molecule has 3 rings (SSSR count). The summed E-state index contributed by atoms with van der Waals surface area (Å²) in [6.07, 6.45) is 5.58. The third-order valence-corrected chi connectivity index (χ3v) is 3.19. The number of hydrogen-bond acceptors (Lipinski definition) is 4. The van der Waals surface area contributed by atoms with Crippen molar-refractivity contribution >= 4 is 16.9 Å². The van der Waals surface area contributed by atoms with Crippen molar-refractivity contribution in [3.05, 3.63) is 18.6 Å². The molecule has 0 saturated carbocycles. The van der Waals surface area contributed by atoms with Crippen molar-refractivity contribution in [2.75, 3.05) is 18.1 Å². The van der Waals surface area contributed by atoms with Crippen LogP contribution in [0.1, 0.15) is 12.8 Å². The summed E-state index contributed by atoms with van der Waals surface area (Å²) in [6.45, 7) is 1.15. The standard InChI is InChI=1S/C11H14N4O/c16-6-8-2-1-5-15(8)11-9-3-4-12-10(9)13-7-14-11/h3-4,7-8,16H,1-2,5-6H2,(H,12,13,14). The Morgan fingerprint density at radius 2 is 2.44 bits per heavy atom. The number of aliphatic hydroxyl groups excluding tert-OH is 1. The summed E-state index contributed by atoms with van der Waals surface area (Å²) in [5.74, 6) is 0.933. The molecule has 16 heavy (non-hydrogen) atoms. The van der Waals surface area contributed by atoms with E-state index in [9.17, 15) is 5.11 Å². The van der Waals surface area contributed by atoms with Gasteiger partial charge in [0.15, 0.2) is 0 Å². The highest BCUT2D eigenvalue weighted by Gasteiger charge is 2.26. The summed E-state index contributed by atoms with van der Waals surface area (Å²) >= 11 is 0. The van der Waals surface area contributed by atoms with E-state index in [1.807, 2.05) is 12.3 Å². The minimum atomic E-state index is 0.190. The number of aromatic amines is 1. The summed E-state index contributed by atoms with van der Waals surface area (Å²) in [4.78, 5) is 13.8. The van der Waals surface area contributed by atoms with Crippen LogP contribution < -0.4 is 4.90 Å². The molecule has 1 saturated heterocycles. The van der Waals surface area contributed by atoms with Crippen molar-refractivity contribution in [2.45, 2.75) is 18.9 Å². The van der Waals surface area contributed by atoms with Crippen LogP contribution in [0.25, 0.3) is 11.0 Å². The number of aromatic nitrogens is 3. The molecule has 0 spiro atoms. The average Bonchev–Trinajstić information content (AvgIpc) is 2.96. The minimum absolute atomic E-state index is 0.190. The maximum absolute atomic E-state index is 9.33. The lowest BCUT2D eigenvalue weighted by Crippen LogP contribution is -2.32. The van der Waals surface area contributed by atoms with Gasteiger partial charge in [-0.2, -0.15) is 0 Å². The number of rotatable bonds is 2. The van der Waals surface area contributed by atoms with Crippen molar-refractivity contribution in [1.29, 1.82) is 0 Å². The van der Waals surface area contributed by atoms with E-state index in [4.69, 9.17) is 0 Å². The summed E-state index contributed by atoms with van der Waals surface area (Å²) in [5, 5.41) is 10.4. The summed E-state index contributed by atoms with van der Waals surface area (Å²) in [5.41, 5.74) is 0.855. The summed E-state index contributed by atoms with van der Waals surface area (Å²) in [7, 11) is 0. The van der Waals surface area contributed by atoms with Gasteiger partial charge in [-0.05, 0) is 18.9 Å². The van der Waals surface area contributed by atoms with Crippen LogP contribution in [0.2, 0.25) is 0 Å². The van der Waals surface area contributed by atoms with Gasteiger partial charge in [-0.3, -0.25) is 0 Å². The lowest BCUT2D eigenvalue weighted by atomic mass is 10.2. The molecule has 5 heteroatoms. The monoisotopic (exact) mass is 218 g/mol. The first-order valence-electron chi connectivity index (χ1n) is 5.56. The second-order valence-electron chi connectivity index (χ2n) is 4.11. The second kappa shape index (κ2) is 3.75. The van der Waals surface area contributed by atoms with Gasteiger partial charge in [-0.25, -0.2) is 9.97 Å². The Kier molecular flexibility index (Phi) is 2.25. The van der Waals surface area contributed by atoms with E-state index in [-0.39, 0.29) is 12.6 Å². The molecular formula is C11H14N4O. The zero-order valence-electron chi connectivity index (χ0n) is 8.93. The fourth-order valence-electron chi connectivity index (χ4n) is 2.39. The first-order valence-corrected chi connectivity index (χ1v) is 5.56. The molecule has 2 aromatic rings. The Morgan fingerprint density at radius 3 is 3.31 bits per heavy atom. The van der Waals surface area contributed by atoms with Crippen molar-refractivity contribution < 1.29 is 5.11 Å². The first kappa shape index (κ1) is 9.59. The minimum Gasteiger partial charge on any atom is -0.394 e. The van der Waals surface area contributed by atoms with Gasteiger partial charge in [-0.15, -0.1) is 0 Å². The third-order valence-electron chi connectivity index (χ3n) is 3.19. The Bertz CT molecular complexity index is 495. The van der Waals surface area contributed by atoms with Crippen LogP contribution in [-0.2, 0) is 0 Å². The molecule has 2 N–H and O–H groups in total. The highest BCUT2D eigenvalue weighted by molar-refractivity contribution is 5.87. The molecule has 84 valence electrons. The molecule has 0 amide bonds. The van der Waals surface area contributed by atoms with E-state index in [2.05, 4.69) is 19.9 Å². The fraction of sp³-hybridized carbons (Fsp3) is 0.455. The van der Waals surface area contributed by atoms with Crippen LogP contribution in [0.4, 0.5) is 5.82 Å². The lowest BCUT2D eigenvalue weighted by molar-refractivity contribution is 0.266. The van der Waals surface area contributed by atoms with Crippen molar-refractivity contribution in [2.24, 2.45) is 0 Å². The van der Waals surface area contributed by atoms with E-state index in [0.29, 0.717) is 0 Å². The highest BCUT2D eigenvalue weighted by atomic mass is 16.3. The summed E-state index contributed by atoms with van der Waals surface area (Å²) in [6, 6.07) is 2.19. The van der Waals surface area contributed by atoms with Crippen LogP contribution in [0, 0.1) is 0 Å². The molecule has 0 aromatic carbocycles. The SMILES string of the molecule is OCC1CCCN1c1ncnc2[nH]ccc12. The number of H-pyrrole nitrogens is 1. The number of fused-ring (bicyclic) bond motifs is 1. The van der Waals surface area contributed by atoms with Gasteiger partial charge in [0.25, 0.3) is 0 Å². The summed E-state index contributed by atoms with van der Waals surface area (Å²) < 4.78 is 0. The lowest BCUT2D eigenvalue weighted by Gasteiger charge is -2.24. The predicted octanol–water partition coefficient (Wildman–Crippen LogP) is 0.919. The van der Waals surface area contributed by atoms with Gasteiger partial charge in [0.05, 0.1) is 18.0 Å². The van der Waals surface area contributed by atoms with Crippen molar-refractivity contribution in [3.8, 4) is 0 Å². The number of nitrogens with one attached hydrogen (secondary N) is 1. The van der Waals surface area contributed by atoms with Gasteiger partial charge < -0.3 is 15.0 Å². The maximum atomic E-state index is 9.33. The smallest absolute Gasteiger partial charge is 0.142 e. The zero-order valence-corrected chi connectivity index (χ0v) is 8.93. The zero-order chi connectivity index (χ0) is 11.0. The molecule has 0 bridgehead atoms. The van der Waals surface area contributed by atoms with E-state index in [1.54, 1.807) is 6.33 Å². The van der Waals surface area contributed by atoms with Crippen molar-refractivity contribution in [3.63, 3.8) is 0 Å². The van der Waals surface area contributed by atoms with E-state index < -0.39 is 0 Å². The molecule has 5 nitrogen and oxygen atoms in total. The van der Waals surface area contributed by atoms with Gasteiger partial charge in [0.1, 0.15) is 17.8 Å². The molecule has 1 fully saturated rings. The average molecular weight is 218 g/mol. The quantitative estimate of drug-likeness (QED) is 0.786. The first-order chi connectivity index (χ1) is 7.90. The Hall–Kier alpha value is -1.62. The predicted molar refractivity (Wildman–Crippen MR) is 61.3 cm³/mol. The van der Waals surface area contributed by atoms with Gasteiger partial charge in [0, 0.05) is 12.7 Å². The topological polar surface area (TPSA) is 65.0 Å². The van der Waals surface area contributed by atoms with Crippen LogP contribution >= 0.6 is 0 Å². The molecule has 1 aliphatic heterocycles. The molecular weight excluding hydrogens is 204 g/mol. The van der Waals surface area contributed by atoms with Gasteiger partial charge in [0.2, 0.25) is 0 Å². The molecule has 2 aromatic heterocycles. The molecule has 3 heterocycles. The van der Waals surface area contributed by atoms with Crippen LogP contribution in [0.3, 0.4) is 0 Å². The third kappa shape index (κ3) is 1.36. The van der Waals surface area contributed by atoms with Crippen LogP contribution in [0.15, 0.2) is 18.6 Å². The Morgan fingerprint density at radius 1 is 1.50 bits per heavy atom. The normalized spacial score (nSPS) is 20.8. The molecule has 0 radical (unpaired) electrons. The number of aliphatic hydroxyl groups is 1. The maximum Gasteiger partial charge on any atom is 0.142 e. The van der Waals surface area contributed by atoms with E-state index in [1.165, 1.54) is 0 Å². The fourth-order valence-corrected chi connectivity index (χ4v) is 2.39. The largest absolute Gasteiger partial charge is 0.394 e. The molecule has 1 atom stereocenters. The Labute approximate surface area is 93.1 Å². The van der Waals surface area contributed by atoms with Crippen LogP contribution in [-0.4, -0.2) is 39.3 Å². The van der Waals surface area contributed by atoms with E-state index in [0.717, 1.165) is 36.2 Å².